The molecule has 0 saturated carbocycles. The van der Waals surface area contributed by atoms with Gasteiger partial charge in [-0.3, -0.25) is 4.79 Å². The average molecular weight is 480 g/mol. The number of nitrogens with one attached hydrogen (secondary N) is 2. The molecule has 1 saturated heterocycles. The Labute approximate surface area is 203 Å². The Hall–Kier alpha value is -3.68. The third-order valence-electron chi connectivity index (χ3n) is 6.71. The van der Waals surface area contributed by atoms with Crippen LogP contribution in [0.2, 0.25) is 0 Å². The SMILES string of the molecule is CCOC(=O)[C@H](NC(=O)N1CCC(C(=O)c2ccc(F)cc2)CC1)[C@@H](C)c1c[nH]c2ccccc12. The van der Waals surface area contributed by atoms with Crippen molar-refractivity contribution in [2.24, 2.45) is 5.92 Å². The van der Waals surface area contributed by atoms with E-state index in [0.717, 1.165) is 16.5 Å². The van der Waals surface area contributed by atoms with Gasteiger partial charge in [0.2, 0.25) is 0 Å². The first-order valence-electron chi connectivity index (χ1n) is 12.0. The molecule has 4 rings (SSSR count). The van der Waals surface area contributed by atoms with Crippen LogP contribution in [0.25, 0.3) is 10.9 Å². The Bertz CT molecular complexity index is 1200. The minimum absolute atomic E-state index is 0.0394. The molecule has 2 N–H and O–H groups in total. The molecule has 0 bridgehead atoms. The number of rotatable bonds is 7. The number of fused-ring (bicyclic) bond motifs is 1. The number of halogens is 1. The first-order valence-corrected chi connectivity index (χ1v) is 12.0. The van der Waals surface area contributed by atoms with Gasteiger partial charge in [-0.05, 0) is 55.7 Å². The van der Waals surface area contributed by atoms with Crippen LogP contribution in [-0.2, 0) is 9.53 Å². The number of carbonyl (C=O) groups is 3. The number of likely N-dealkylation sites (tertiary alicyclic amines) is 1. The highest BCUT2D eigenvalue weighted by molar-refractivity contribution is 5.98. The number of aromatic nitrogens is 1. The van der Waals surface area contributed by atoms with Gasteiger partial charge in [-0.25, -0.2) is 14.0 Å². The normalized spacial score (nSPS) is 16.0. The van der Waals surface area contributed by atoms with Crippen molar-refractivity contribution in [2.45, 2.75) is 38.6 Å². The smallest absolute Gasteiger partial charge is 0.329 e. The largest absolute Gasteiger partial charge is 0.464 e. The van der Waals surface area contributed by atoms with Gasteiger partial charge < -0.3 is 19.9 Å². The Balaban J connectivity index is 1.42. The number of carbonyl (C=O) groups excluding carboxylic acids is 3. The highest BCUT2D eigenvalue weighted by Crippen LogP contribution is 2.29. The molecular formula is C27H30FN3O4. The third-order valence-corrected chi connectivity index (χ3v) is 6.71. The molecule has 35 heavy (non-hydrogen) atoms. The molecule has 1 aliphatic rings. The fourth-order valence-electron chi connectivity index (χ4n) is 4.69. The van der Waals surface area contributed by atoms with Crippen LogP contribution in [0.1, 0.15) is 48.5 Å². The number of ether oxygens (including phenoxy) is 1. The molecule has 1 aliphatic heterocycles. The molecular weight excluding hydrogens is 449 g/mol. The summed E-state index contributed by atoms with van der Waals surface area (Å²) in [5.41, 5.74) is 2.35. The molecule has 1 fully saturated rings. The third kappa shape index (κ3) is 5.37. The van der Waals surface area contributed by atoms with Crippen molar-refractivity contribution in [1.29, 1.82) is 0 Å². The van der Waals surface area contributed by atoms with E-state index >= 15 is 0 Å². The monoisotopic (exact) mass is 479 g/mol. The molecule has 0 spiro atoms. The Kier molecular flexibility index (Phi) is 7.48. The lowest BCUT2D eigenvalue weighted by Crippen LogP contribution is -2.52. The van der Waals surface area contributed by atoms with Crippen LogP contribution in [0.15, 0.2) is 54.7 Å². The van der Waals surface area contributed by atoms with E-state index in [2.05, 4.69) is 10.3 Å². The van der Waals surface area contributed by atoms with E-state index in [0.29, 0.717) is 31.5 Å². The van der Waals surface area contributed by atoms with Crippen LogP contribution >= 0.6 is 0 Å². The van der Waals surface area contributed by atoms with E-state index in [-0.39, 0.29) is 36.1 Å². The van der Waals surface area contributed by atoms with E-state index in [1.54, 1.807) is 11.8 Å². The van der Waals surface area contributed by atoms with E-state index in [1.807, 2.05) is 37.4 Å². The minimum Gasteiger partial charge on any atom is -0.464 e. The zero-order valence-corrected chi connectivity index (χ0v) is 19.9. The number of ketones is 1. The molecule has 2 amide bonds. The molecule has 0 radical (unpaired) electrons. The second kappa shape index (κ2) is 10.7. The maximum atomic E-state index is 13.2. The topological polar surface area (TPSA) is 91.5 Å². The zero-order valence-electron chi connectivity index (χ0n) is 19.9. The zero-order chi connectivity index (χ0) is 24.9. The number of piperidine rings is 1. The summed E-state index contributed by atoms with van der Waals surface area (Å²) in [6.07, 6.45) is 2.87. The second-order valence-electron chi connectivity index (χ2n) is 8.89. The lowest BCUT2D eigenvalue weighted by atomic mass is 9.89. The van der Waals surface area contributed by atoms with Crippen LogP contribution in [-0.4, -0.2) is 53.4 Å². The fraction of sp³-hybridized carbons (Fsp3) is 0.370. The van der Waals surface area contributed by atoms with Gasteiger partial charge in [-0.1, -0.05) is 25.1 Å². The maximum Gasteiger partial charge on any atom is 0.329 e. The number of nitrogens with zero attached hydrogens (tertiary/aromatic N) is 1. The molecule has 3 aromatic rings. The molecule has 2 aromatic carbocycles. The Morgan fingerprint density at radius 1 is 1.11 bits per heavy atom. The van der Waals surface area contributed by atoms with Crippen molar-refractivity contribution in [1.82, 2.24) is 15.2 Å². The predicted octanol–water partition coefficient (Wildman–Crippen LogP) is 4.65. The lowest BCUT2D eigenvalue weighted by Gasteiger charge is -2.33. The molecule has 8 heteroatoms. The number of Topliss-reactive ketones (excluding diaryl/α,β-unsaturated/α-hetero) is 1. The lowest BCUT2D eigenvalue weighted by molar-refractivity contribution is -0.145. The summed E-state index contributed by atoms with van der Waals surface area (Å²) in [5, 5.41) is 3.87. The first kappa shape index (κ1) is 24.4. The number of para-hydroxylation sites is 1. The number of aromatic amines is 1. The number of esters is 1. The molecule has 2 atom stereocenters. The summed E-state index contributed by atoms with van der Waals surface area (Å²) in [6.45, 7) is 4.62. The van der Waals surface area contributed by atoms with Crippen LogP contribution < -0.4 is 5.32 Å². The maximum absolute atomic E-state index is 13.2. The van der Waals surface area contributed by atoms with E-state index in [4.69, 9.17) is 4.74 Å². The van der Waals surface area contributed by atoms with Crippen molar-refractivity contribution >= 4 is 28.7 Å². The minimum atomic E-state index is -0.861. The summed E-state index contributed by atoms with van der Waals surface area (Å²) in [5.74, 6) is -1.46. The summed E-state index contributed by atoms with van der Waals surface area (Å²) >= 11 is 0. The van der Waals surface area contributed by atoms with Gasteiger partial charge in [0.15, 0.2) is 5.78 Å². The predicted molar refractivity (Wildman–Crippen MR) is 131 cm³/mol. The molecule has 184 valence electrons. The van der Waals surface area contributed by atoms with Crippen LogP contribution in [0, 0.1) is 11.7 Å². The fourth-order valence-corrected chi connectivity index (χ4v) is 4.69. The Morgan fingerprint density at radius 3 is 2.49 bits per heavy atom. The molecule has 1 aromatic heterocycles. The first-order chi connectivity index (χ1) is 16.9. The summed E-state index contributed by atoms with van der Waals surface area (Å²) in [6, 6.07) is 12.1. The molecule has 0 unspecified atom stereocenters. The highest BCUT2D eigenvalue weighted by Gasteiger charge is 2.34. The molecule has 0 aliphatic carbocycles. The second-order valence-corrected chi connectivity index (χ2v) is 8.89. The van der Waals surface area contributed by atoms with Gasteiger partial charge in [0.1, 0.15) is 11.9 Å². The summed E-state index contributed by atoms with van der Waals surface area (Å²) < 4.78 is 18.4. The van der Waals surface area contributed by atoms with Crippen LogP contribution in [0.5, 0.6) is 0 Å². The van der Waals surface area contributed by atoms with Crippen molar-refractivity contribution < 1.29 is 23.5 Å². The van der Waals surface area contributed by atoms with Crippen LogP contribution in [0.3, 0.4) is 0 Å². The van der Waals surface area contributed by atoms with Gasteiger partial charge in [0, 0.05) is 47.6 Å². The van der Waals surface area contributed by atoms with Crippen molar-refractivity contribution in [2.75, 3.05) is 19.7 Å². The van der Waals surface area contributed by atoms with E-state index in [1.165, 1.54) is 24.3 Å². The van der Waals surface area contributed by atoms with E-state index in [9.17, 15) is 18.8 Å². The summed E-state index contributed by atoms with van der Waals surface area (Å²) in [7, 11) is 0. The number of amides is 2. The van der Waals surface area contributed by atoms with Crippen molar-refractivity contribution in [3.63, 3.8) is 0 Å². The van der Waals surface area contributed by atoms with Gasteiger partial charge in [0.05, 0.1) is 6.61 Å². The number of urea groups is 1. The van der Waals surface area contributed by atoms with Gasteiger partial charge in [-0.15, -0.1) is 0 Å². The van der Waals surface area contributed by atoms with Crippen LogP contribution in [0.4, 0.5) is 9.18 Å². The van der Waals surface area contributed by atoms with E-state index < -0.39 is 12.0 Å². The van der Waals surface area contributed by atoms with Crippen molar-refractivity contribution in [3.8, 4) is 0 Å². The van der Waals surface area contributed by atoms with Gasteiger partial charge in [0.25, 0.3) is 0 Å². The standard InChI is InChI=1S/C27H30FN3O4/c1-3-35-26(33)24(17(2)22-16-29-23-7-5-4-6-21(22)23)30-27(34)31-14-12-19(13-15-31)25(32)18-8-10-20(28)11-9-18/h4-11,16-17,19,24,29H,3,12-15H2,1-2H3,(H,30,34)/t17-,24+/m0/s1. The molecule has 7 nitrogen and oxygen atoms in total. The molecule has 2 heterocycles. The number of hydrogen-bond acceptors (Lipinski definition) is 4. The Morgan fingerprint density at radius 2 is 1.80 bits per heavy atom. The highest BCUT2D eigenvalue weighted by atomic mass is 19.1. The quantitative estimate of drug-likeness (QED) is 0.381. The van der Waals surface area contributed by atoms with Crippen molar-refractivity contribution in [3.05, 3.63) is 71.7 Å². The number of hydrogen-bond donors (Lipinski definition) is 2. The summed E-state index contributed by atoms with van der Waals surface area (Å²) in [4.78, 5) is 43.5. The van der Waals surface area contributed by atoms with Gasteiger partial charge >= 0.3 is 12.0 Å². The number of benzene rings is 2. The number of H-pyrrole nitrogens is 1. The van der Waals surface area contributed by atoms with Gasteiger partial charge in [-0.2, -0.15) is 0 Å². The average Bonchev–Trinajstić information content (AvgIpc) is 3.31.